The molecule has 29 heavy (non-hydrogen) atoms. The summed E-state index contributed by atoms with van der Waals surface area (Å²) in [5, 5.41) is 6.40. The zero-order valence-electron chi connectivity index (χ0n) is 15.5. The molecule has 0 aliphatic carbocycles. The fraction of sp³-hybridized carbons (Fsp3) is 0.158. The SMILES string of the molecule is CCOc1ccccc1NC(=O)C(=O)N/N=C\c1ccc(OCC(N)=O)c(Cl)c1. The van der Waals surface area contributed by atoms with Crippen LogP contribution in [0.1, 0.15) is 12.5 Å². The number of hydrogen-bond donors (Lipinski definition) is 3. The van der Waals surface area contributed by atoms with E-state index in [9.17, 15) is 14.4 Å². The zero-order valence-corrected chi connectivity index (χ0v) is 16.2. The number of primary amides is 1. The van der Waals surface area contributed by atoms with Gasteiger partial charge in [0, 0.05) is 0 Å². The molecule has 3 amide bonds. The van der Waals surface area contributed by atoms with E-state index in [4.69, 9.17) is 26.8 Å². The summed E-state index contributed by atoms with van der Waals surface area (Å²) in [4.78, 5) is 34.6. The highest BCUT2D eigenvalue weighted by Crippen LogP contribution is 2.25. The number of nitrogens with two attached hydrogens (primary N) is 1. The molecule has 0 fully saturated rings. The van der Waals surface area contributed by atoms with E-state index in [1.54, 1.807) is 30.3 Å². The van der Waals surface area contributed by atoms with Gasteiger partial charge in [-0.2, -0.15) is 5.10 Å². The number of nitrogens with one attached hydrogen (secondary N) is 2. The Morgan fingerprint density at radius 1 is 1.10 bits per heavy atom. The van der Waals surface area contributed by atoms with Crippen LogP contribution in [-0.4, -0.2) is 37.1 Å². The maximum atomic E-state index is 12.0. The van der Waals surface area contributed by atoms with Crippen molar-refractivity contribution in [3.63, 3.8) is 0 Å². The van der Waals surface area contributed by atoms with E-state index < -0.39 is 17.7 Å². The summed E-state index contributed by atoms with van der Waals surface area (Å²) in [7, 11) is 0. The second-order valence-electron chi connectivity index (χ2n) is 5.53. The molecule has 0 spiro atoms. The normalized spacial score (nSPS) is 10.4. The molecule has 2 rings (SSSR count). The van der Waals surface area contributed by atoms with Crippen molar-refractivity contribution in [1.29, 1.82) is 0 Å². The van der Waals surface area contributed by atoms with Crippen LogP contribution in [0.4, 0.5) is 5.69 Å². The molecule has 0 radical (unpaired) electrons. The van der Waals surface area contributed by atoms with Gasteiger partial charge in [-0.05, 0) is 42.8 Å². The summed E-state index contributed by atoms with van der Waals surface area (Å²) < 4.78 is 10.5. The quantitative estimate of drug-likeness (QED) is 0.341. The Bertz CT molecular complexity index is 933. The fourth-order valence-corrected chi connectivity index (χ4v) is 2.35. The van der Waals surface area contributed by atoms with Crippen LogP contribution in [0.2, 0.25) is 5.02 Å². The Balaban J connectivity index is 1.93. The molecule has 9 nitrogen and oxygen atoms in total. The average molecular weight is 419 g/mol. The lowest BCUT2D eigenvalue weighted by atomic mass is 10.2. The number of hydrogen-bond acceptors (Lipinski definition) is 6. The van der Waals surface area contributed by atoms with E-state index in [-0.39, 0.29) is 17.4 Å². The van der Waals surface area contributed by atoms with Gasteiger partial charge in [-0.15, -0.1) is 0 Å². The van der Waals surface area contributed by atoms with Gasteiger partial charge in [0.1, 0.15) is 11.5 Å². The lowest BCUT2D eigenvalue weighted by molar-refractivity contribution is -0.136. The van der Waals surface area contributed by atoms with Gasteiger partial charge >= 0.3 is 11.8 Å². The first-order chi connectivity index (χ1) is 13.9. The number of para-hydroxylation sites is 2. The Labute approximate surface area is 171 Å². The third kappa shape index (κ3) is 6.82. The molecular formula is C19H19ClN4O5. The first-order valence-corrected chi connectivity index (χ1v) is 8.85. The monoisotopic (exact) mass is 418 g/mol. The van der Waals surface area contributed by atoms with Crippen molar-refractivity contribution < 1.29 is 23.9 Å². The van der Waals surface area contributed by atoms with Gasteiger partial charge < -0.3 is 20.5 Å². The molecule has 0 heterocycles. The summed E-state index contributed by atoms with van der Waals surface area (Å²) in [6, 6.07) is 11.4. The number of halogens is 1. The maximum Gasteiger partial charge on any atom is 0.329 e. The highest BCUT2D eigenvalue weighted by atomic mass is 35.5. The molecule has 0 saturated carbocycles. The first-order valence-electron chi connectivity index (χ1n) is 8.47. The molecule has 152 valence electrons. The van der Waals surface area contributed by atoms with Gasteiger partial charge in [0.15, 0.2) is 6.61 Å². The molecule has 10 heteroatoms. The van der Waals surface area contributed by atoms with Crippen molar-refractivity contribution in [2.75, 3.05) is 18.5 Å². The van der Waals surface area contributed by atoms with E-state index in [1.165, 1.54) is 18.3 Å². The molecule has 4 N–H and O–H groups in total. The molecule has 0 unspecified atom stereocenters. The summed E-state index contributed by atoms with van der Waals surface area (Å²) in [6.07, 6.45) is 1.29. The van der Waals surface area contributed by atoms with Gasteiger partial charge in [0.05, 0.1) is 23.5 Å². The second kappa shape index (κ2) is 10.7. The smallest absolute Gasteiger partial charge is 0.329 e. The third-order valence-corrected chi connectivity index (χ3v) is 3.64. The number of carbonyl (C=O) groups excluding carboxylic acids is 3. The summed E-state index contributed by atoms with van der Waals surface area (Å²) >= 11 is 6.03. The van der Waals surface area contributed by atoms with Crippen molar-refractivity contribution in [3.05, 3.63) is 53.1 Å². The Morgan fingerprint density at radius 2 is 1.86 bits per heavy atom. The molecule has 2 aromatic carbocycles. The van der Waals surface area contributed by atoms with Crippen LogP contribution in [-0.2, 0) is 14.4 Å². The van der Waals surface area contributed by atoms with Crippen molar-refractivity contribution in [2.45, 2.75) is 6.92 Å². The fourth-order valence-electron chi connectivity index (χ4n) is 2.11. The third-order valence-electron chi connectivity index (χ3n) is 3.35. The number of amides is 3. The summed E-state index contributed by atoms with van der Waals surface area (Å²) in [6.45, 7) is 1.92. The minimum absolute atomic E-state index is 0.229. The lowest BCUT2D eigenvalue weighted by Crippen LogP contribution is -2.32. The van der Waals surface area contributed by atoms with Crippen molar-refractivity contribution in [2.24, 2.45) is 10.8 Å². The van der Waals surface area contributed by atoms with Crippen molar-refractivity contribution in [3.8, 4) is 11.5 Å². The zero-order chi connectivity index (χ0) is 21.2. The molecule has 0 aromatic heterocycles. The van der Waals surface area contributed by atoms with Crippen LogP contribution in [0, 0.1) is 0 Å². The number of anilines is 1. The number of carbonyl (C=O) groups is 3. The average Bonchev–Trinajstić information content (AvgIpc) is 2.68. The van der Waals surface area contributed by atoms with Gasteiger partial charge in [-0.1, -0.05) is 23.7 Å². The number of benzene rings is 2. The highest BCUT2D eigenvalue weighted by molar-refractivity contribution is 6.39. The molecular weight excluding hydrogens is 400 g/mol. The van der Waals surface area contributed by atoms with E-state index >= 15 is 0 Å². The first kappa shape index (κ1) is 21.7. The topological polar surface area (TPSA) is 132 Å². The van der Waals surface area contributed by atoms with E-state index in [0.717, 1.165) is 0 Å². The number of nitrogens with zero attached hydrogens (tertiary/aromatic N) is 1. The Hall–Kier alpha value is -3.59. The van der Waals surface area contributed by atoms with E-state index in [0.29, 0.717) is 23.6 Å². The standard InChI is InChI=1S/C19H19ClN4O5/c1-2-28-16-6-4-3-5-14(16)23-18(26)19(27)24-22-10-12-7-8-15(13(20)9-12)29-11-17(21)25/h3-10H,2,11H2,1H3,(H2,21,25)(H,23,26)(H,24,27)/b22-10-. The second-order valence-corrected chi connectivity index (χ2v) is 5.93. The molecule has 0 saturated heterocycles. The molecule has 0 bridgehead atoms. The molecule has 0 aliphatic rings. The van der Waals surface area contributed by atoms with Gasteiger partial charge in [-0.3, -0.25) is 14.4 Å². The number of hydrazone groups is 1. The minimum atomic E-state index is -0.958. The molecule has 0 aliphatic heterocycles. The van der Waals surface area contributed by atoms with Gasteiger partial charge in [0.2, 0.25) is 0 Å². The van der Waals surface area contributed by atoms with Crippen LogP contribution >= 0.6 is 11.6 Å². The van der Waals surface area contributed by atoms with Crippen LogP contribution in [0.15, 0.2) is 47.6 Å². The summed E-state index contributed by atoms with van der Waals surface area (Å²) in [5.74, 6) is -1.76. The highest BCUT2D eigenvalue weighted by Gasteiger charge is 2.15. The minimum Gasteiger partial charge on any atom is -0.492 e. The molecule has 0 atom stereocenters. The van der Waals surface area contributed by atoms with Crippen LogP contribution in [0.5, 0.6) is 11.5 Å². The van der Waals surface area contributed by atoms with Crippen molar-refractivity contribution in [1.82, 2.24) is 5.43 Å². The summed E-state index contributed by atoms with van der Waals surface area (Å²) in [5.41, 5.74) is 8.02. The van der Waals surface area contributed by atoms with Crippen LogP contribution in [0.3, 0.4) is 0 Å². The van der Waals surface area contributed by atoms with Gasteiger partial charge in [0.25, 0.3) is 5.91 Å². The largest absolute Gasteiger partial charge is 0.492 e. The van der Waals surface area contributed by atoms with Crippen molar-refractivity contribution >= 4 is 41.2 Å². The molecule has 2 aromatic rings. The van der Waals surface area contributed by atoms with Crippen LogP contribution < -0.4 is 25.9 Å². The maximum absolute atomic E-state index is 12.0. The predicted molar refractivity (Wildman–Crippen MR) is 108 cm³/mol. The predicted octanol–water partition coefficient (Wildman–Crippen LogP) is 1.69. The Morgan fingerprint density at radius 3 is 2.55 bits per heavy atom. The van der Waals surface area contributed by atoms with E-state index in [2.05, 4.69) is 15.8 Å². The lowest BCUT2D eigenvalue weighted by Gasteiger charge is -2.10. The van der Waals surface area contributed by atoms with Gasteiger partial charge in [-0.25, -0.2) is 5.43 Å². The van der Waals surface area contributed by atoms with E-state index in [1.807, 2.05) is 6.92 Å². The Kier molecular flexibility index (Phi) is 7.99. The van der Waals surface area contributed by atoms with Crippen LogP contribution in [0.25, 0.3) is 0 Å². The number of ether oxygens (including phenoxy) is 2. The number of rotatable bonds is 8.